The van der Waals surface area contributed by atoms with E-state index in [0.717, 1.165) is 17.5 Å². The van der Waals surface area contributed by atoms with Crippen molar-refractivity contribution in [2.24, 2.45) is 11.8 Å². The van der Waals surface area contributed by atoms with Crippen LogP contribution < -0.4 is 10.6 Å². The highest BCUT2D eigenvalue weighted by atomic mass is 16.2. The van der Waals surface area contributed by atoms with Crippen molar-refractivity contribution in [3.63, 3.8) is 0 Å². The number of nitrogens with zero attached hydrogens (tertiary/aromatic N) is 2. The molecule has 0 bridgehead atoms. The number of imidazole rings is 1. The molecule has 0 saturated heterocycles. The smallest absolute Gasteiger partial charge is 0.232 e. The Hall–Kier alpha value is -2.37. The summed E-state index contributed by atoms with van der Waals surface area (Å²) < 4.78 is 1.98. The predicted molar refractivity (Wildman–Crippen MR) is 86.8 cm³/mol. The molecule has 3 unspecified atom stereocenters. The molecule has 6 heteroatoms. The summed E-state index contributed by atoms with van der Waals surface area (Å²) in [5, 5.41) is 5.88. The lowest BCUT2D eigenvalue weighted by Gasteiger charge is -2.24. The number of amides is 2. The van der Waals surface area contributed by atoms with Crippen LogP contribution in [0.15, 0.2) is 24.3 Å². The monoisotopic (exact) mass is 312 g/mol. The molecule has 23 heavy (non-hydrogen) atoms. The molecule has 2 amide bonds. The van der Waals surface area contributed by atoms with Crippen molar-refractivity contribution < 1.29 is 9.59 Å². The molecular weight excluding hydrogens is 292 g/mol. The van der Waals surface area contributed by atoms with Gasteiger partial charge in [0, 0.05) is 18.5 Å². The molecule has 1 aromatic carbocycles. The van der Waals surface area contributed by atoms with E-state index in [1.54, 1.807) is 0 Å². The van der Waals surface area contributed by atoms with Gasteiger partial charge in [-0.15, -0.1) is 0 Å². The molecule has 2 N–H and O–H groups in total. The van der Waals surface area contributed by atoms with E-state index in [4.69, 9.17) is 0 Å². The number of anilines is 1. The molecule has 1 fully saturated rings. The highest BCUT2D eigenvalue weighted by Crippen LogP contribution is 2.42. The highest BCUT2D eigenvalue weighted by molar-refractivity contribution is 5.97. The van der Waals surface area contributed by atoms with E-state index >= 15 is 0 Å². The van der Waals surface area contributed by atoms with Crippen LogP contribution in [0.25, 0.3) is 11.0 Å². The van der Waals surface area contributed by atoms with Gasteiger partial charge >= 0.3 is 0 Å². The minimum Gasteiger partial charge on any atom is -0.351 e. The summed E-state index contributed by atoms with van der Waals surface area (Å²) in [7, 11) is 0. The number of carbonyl (C=O) groups is 2. The van der Waals surface area contributed by atoms with E-state index in [0.29, 0.717) is 18.4 Å². The largest absolute Gasteiger partial charge is 0.351 e. The number of rotatable bonds is 3. The second kappa shape index (κ2) is 4.81. The number of fused-ring (bicyclic) bond motifs is 3. The molecule has 2 aromatic rings. The first-order valence-electron chi connectivity index (χ1n) is 8.03. The molecule has 2 heterocycles. The molecule has 1 saturated carbocycles. The van der Waals surface area contributed by atoms with Crippen LogP contribution in [0.3, 0.4) is 0 Å². The molecule has 1 aliphatic heterocycles. The summed E-state index contributed by atoms with van der Waals surface area (Å²) in [6.45, 7) is 4.66. The fraction of sp³-hybridized carbons (Fsp3) is 0.471. The topological polar surface area (TPSA) is 76.0 Å². The second-order valence-electron chi connectivity index (χ2n) is 7.00. The summed E-state index contributed by atoms with van der Waals surface area (Å²) in [5.41, 5.74) is 1.75. The van der Waals surface area contributed by atoms with Gasteiger partial charge in [-0.05, 0) is 31.4 Å². The molecule has 1 aromatic heterocycles. The van der Waals surface area contributed by atoms with E-state index < -0.39 is 0 Å². The number of benzene rings is 1. The molecule has 3 atom stereocenters. The summed E-state index contributed by atoms with van der Waals surface area (Å²) in [6, 6.07) is 7.77. The Morgan fingerprint density at radius 2 is 2.22 bits per heavy atom. The van der Waals surface area contributed by atoms with Gasteiger partial charge in [-0.3, -0.25) is 14.9 Å². The average molecular weight is 312 g/mol. The Labute approximate surface area is 134 Å². The van der Waals surface area contributed by atoms with Crippen LogP contribution in [-0.4, -0.2) is 26.9 Å². The van der Waals surface area contributed by atoms with Gasteiger partial charge < -0.3 is 9.88 Å². The summed E-state index contributed by atoms with van der Waals surface area (Å²) in [6.07, 6.45) is 1.21. The highest BCUT2D eigenvalue weighted by Gasteiger charge is 2.48. The number of nitrogens with one attached hydrogen (secondary N) is 2. The molecule has 0 radical (unpaired) electrons. The molecule has 120 valence electrons. The number of hydrogen-bond donors (Lipinski definition) is 2. The third-order valence-electron chi connectivity index (χ3n) is 5.18. The van der Waals surface area contributed by atoms with Gasteiger partial charge in [-0.25, -0.2) is 4.98 Å². The van der Waals surface area contributed by atoms with Crippen LogP contribution in [0, 0.1) is 11.8 Å². The maximum Gasteiger partial charge on any atom is 0.232 e. The quantitative estimate of drug-likeness (QED) is 0.909. The van der Waals surface area contributed by atoms with Crippen molar-refractivity contribution in [1.82, 2.24) is 14.9 Å². The zero-order valence-electron chi connectivity index (χ0n) is 13.3. The lowest BCUT2D eigenvalue weighted by Crippen LogP contribution is -2.41. The molecule has 0 spiro atoms. The summed E-state index contributed by atoms with van der Waals surface area (Å²) in [4.78, 5) is 29.0. The Bertz CT molecular complexity index is 812. The number of hydrogen-bond acceptors (Lipinski definition) is 3. The Balaban J connectivity index is 1.52. The van der Waals surface area contributed by atoms with Crippen molar-refractivity contribution in [2.45, 2.75) is 38.8 Å². The summed E-state index contributed by atoms with van der Waals surface area (Å²) in [5.74, 6) is 0.533. The third-order valence-corrected chi connectivity index (χ3v) is 5.18. The van der Waals surface area contributed by atoms with E-state index in [9.17, 15) is 9.59 Å². The predicted octanol–water partition coefficient (Wildman–Crippen LogP) is 1.91. The Kier molecular flexibility index (Phi) is 2.98. The number of aromatic nitrogens is 2. The SMILES string of the molecule is CC1CC1(C)NC(=O)CC1Cn2c(nc3ccccc32)NC1=O. The van der Waals surface area contributed by atoms with E-state index in [2.05, 4.69) is 29.5 Å². The Morgan fingerprint density at radius 1 is 1.48 bits per heavy atom. The number of carbonyl (C=O) groups excluding carboxylic acids is 2. The first kappa shape index (κ1) is 14.2. The van der Waals surface area contributed by atoms with Gasteiger partial charge in [0.25, 0.3) is 0 Å². The fourth-order valence-electron chi connectivity index (χ4n) is 3.37. The van der Waals surface area contributed by atoms with Gasteiger partial charge in [-0.2, -0.15) is 0 Å². The van der Waals surface area contributed by atoms with Gasteiger partial charge in [-0.1, -0.05) is 19.1 Å². The van der Waals surface area contributed by atoms with E-state index in [-0.39, 0.29) is 29.7 Å². The van der Waals surface area contributed by atoms with Crippen molar-refractivity contribution in [3.8, 4) is 0 Å². The van der Waals surface area contributed by atoms with Crippen molar-refractivity contribution in [2.75, 3.05) is 5.32 Å². The maximum atomic E-state index is 12.3. The van der Waals surface area contributed by atoms with Crippen molar-refractivity contribution in [1.29, 1.82) is 0 Å². The van der Waals surface area contributed by atoms with Gasteiger partial charge in [0.2, 0.25) is 17.8 Å². The van der Waals surface area contributed by atoms with Crippen LogP contribution in [0.5, 0.6) is 0 Å². The van der Waals surface area contributed by atoms with Crippen LogP contribution >= 0.6 is 0 Å². The van der Waals surface area contributed by atoms with Crippen molar-refractivity contribution >= 4 is 28.8 Å². The Morgan fingerprint density at radius 3 is 2.96 bits per heavy atom. The lowest BCUT2D eigenvalue weighted by molar-refractivity contribution is -0.128. The first-order chi connectivity index (χ1) is 11.0. The average Bonchev–Trinajstić information content (AvgIpc) is 2.92. The molecule has 6 nitrogen and oxygen atoms in total. The zero-order valence-corrected chi connectivity index (χ0v) is 13.3. The molecule has 2 aliphatic rings. The van der Waals surface area contributed by atoms with E-state index in [1.807, 2.05) is 28.8 Å². The second-order valence-corrected chi connectivity index (χ2v) is 7.00. The van der Waals surface area contributed by atoms with Gasteiger partial charge in [0.05, 0.1) is 17.0 Å². The van der Waals surface area contributed by atoms with Crippen molar-refractivity contribution in [3.05, 3.63) is 24.3 Å². The maximum absolute atomic E-state index is 12.3. The number of para-hydroxylation sites is 2. The van der Waals surface area contributed by atoms with Crippen LogP contribution in [-0.2, 0) is 16.1 Å². The fourth-order valence-corrected chi connectivity index (χ4v) is 3.37. The normalized spacial score (nSPS) is 29.0. The molecule has 1 aliphatic carbocycles. The lowest BCUT2D eigenvalue weighted by atomic mass is 10.0. The minimum absolute atomic E-state index is 0.0510. The van der Waals surface area contributed by atoms with Gasteiger partial charge in [0.15, 0.2) is 0 Å². The first-order valence-corrected chi connectivity index (χ1v) is 8.03. The van der Waals surface area contributed by atoms with Crippen LogP contribution in [0.1, 0.15) is 26.7 Å². The van der Waals surface area contributed by atoms with Crippen LogP contribution in [0.2, 0.25) is 0 Å². The molecule has 4 rings (SSSR count). The summed E-state index contributed by atoms with van der Waals surface area (Å²) >= 11 is 0. The van der Waals surface area contributed by atoms with Crippen LogP contribution in [0.4, 0.5) is 5.95 Å². The zero-order chi connectivity index (χ0) is 16.2. The third kappa shape index (κ3) is 2.38. The minimum atomic E-state index is -0.363. The van der Waals surface area contributed by atoms with E-state index in [1.165, 1.54) is 0 Å². The van der Waals surface area contributed by atoms with Gasteiger partial charge in [0.1, 0.15) is 0 Å². The standard InChI is InChI=1S/C17H20N4O2/c1-10-8-17(10,2)20-14(22)7-11-9-21-13-6-4-3-5-12(13)18-16(21)19-15(11)23/h3-6,10-11H,7-9H2,1-2H3,(H,20,22)(H,18,19,23). The molecular formula is C17H20N4O2.